The van der Waals surface area contributed by atoms with Crippen LogP contribution in [-0.4, -0.2) is 6.09 Å². The van der Waals surface area contributed by atoms with Crippen LogP contribution in [-0.2, 0) is 39.4 Å². The molecular formula is C68H76NO4+. The summed E-state index contributed by atoms with van der Waals surface area (Å²) < 4.78 is 8.41. The number of carbonyl (C=O) groups is 1. The highest BCUT2D eigenvalue weighted by atomic mass is 17.2. The fraction of sp³-hybridized carbons (Fsp3) is 0.471. The average Bonchev–Trinajstić information content (AvgIpc) is 3.36. The van der Waals surface area contributed by atoms with Gasteiger partial charge in [-0.05, 0) is 198 Å². The minimum absolute atomic E-state index is 0.0179. The van der Waals surface area contributed by atoms with Crippen LogP contribution in [0.3, 0.4) is 0 Å². The van der Waals surface area contributed by atoms with Gasteiger partial charge < -0.3 is 4.74 Å². The van der Waals surface area contributed by atoms with Gasteiger partial charge in [0.15, 0.2) is 11.5 Å². The maximum Gasteiger partial charge on any atom is 0.603 e. The van der Waals surface area contributed by atoms with Crippen LogP contribution in [0.4, 0.5) is 4.79 Å². The van der Waals surface area contributed by atoms with Crippen molar-refractivity contribution in [1.82, 2.24) is 0 Å². The third-order valence-corrected chi connectivity index (χ3v) is 19.4. The minimum Gasteiger partial charge on any atom is -0.407 e. The molecule has 5 aromatic carbocycles. The van der Waals surface area contributed by atoms with E-state index in [-0.39, 0.29) is 28.3 Å². The highest BCUT2D eigenvalue weighted by Gasteiger charge is 2.55. The van der Waals surface area contributed by atoms with Crippen molar-refractivity contribution in [2.75, 3.05) is 0 Å². The molecule has 0 atom stereocenters. The Balaban J connectivity index is 1.15. The maximum absolute atomic E-state index is 15.6. The molecule has 0 spiro atoms. The second-order valence-electron chi connectivity index (χ2n) is 26.7. The highest BCUT2D eigenvalue weighted by Crippen LogP contribution is 2.65. The minimum atomic E-state index is -0.403. The first kappa shape index (κ1) is 47.1. The van der Waals surface area contributed by atoms with E-state index in [0.717, 1.165) is 110 Å². The molecule has 2 heterocycles. The Hall–Kier alpha value is -5.68. The average molecular weight is 971 g/mol. The zero-order chi connectivity index (χ0) is 50.0. The topological polar surface area (TPSA) is 48.6 Å². The Labute approximate surface area is 435 Å². The van der Waals surface area contributed by atoms with Gasteiger partial charge in [-0.1, -0.05) is 138 Å². The first-order valence-corrected chi connectivity index (χ1v) is 28.4. The summed E-state index contributed by atoms with van der Waals surface area (Å²) in [6, 6.07) is 42.1. The third kappa shape index (κ3) is 8.16. The van der Waals surface area contributed by atoms with Crippen LogP contribution in [0.25, 0.3) is 44.8 Å². The monoisotopic (exact) mass is 971 g/mol. The molecule has 8 aliphatic carbocycles. The molecule has 9 aliphatic rings. The van der Waals surface area contributed by atoms with E-state index in [9.17, 15) is 0 Å². The summed E-state index contributed by atoms with van der Waals surface area (Å²) in [7, 11) is 0. The maximum atomic E-state index is 15.6. The largest absolute Gasteiger partial charge is 0.603 e. The molecular weight excluding hydrogens is 895 g/mol. The Kier molecular flexibility index (Phi) is 11.3. The lowest BCUT2D eigenvalue weighted by molar-refractivity contribution is -0.563. The number of carbonyl (C=O) groups excluding carboxylic acids is 1. The van der Waals surface area contributed by atoms with Crippen LogP contribution in [0.5, 0.6) is 11.5 Å². The zero-order valence-electron chi connectivity index (χ0n) is 44.6. The quantitative estimate of drug-likeness (QED) is 0.123. The lowest BCUT2D eigenvalue weighted by Gasteiger charge is -2.57. The van der Waals surface area contributed by atoms with Crippen molar-refractivity contribution >= 4 is 6.09 Å². The summed E-state index contributed by atoms with van der Waals surface area (Å²) in [6.45, 7) is 16.6. The molecule has 73 heavy (non-hydrogen) atoms. The molecule has 8 fully saturated rings. The number of hydrogen-bond donors (Lipinski definition) is 0. The van der Waals surface area contributed by atoms with Crippen molar-refractivity contribution in [3.63, 3.8) is 0 Å². The highest BCUT2D eigenvalue weighted by molar-refractivity contribution is 5.90. The van der Waals surface area contributed by atoms with Crippen molar-refractivity contribution in [2.24, 2.45) is 35.5 Å². The number of aromatic nitrogens is 1. The van der Waals surface area contributed by atoms with Gasteiger partial charge >= 0.3 is 6.09 Å². The Morgan fingerprint density at radius 3 is 1.27 bits per heavy atom. The summed E-state index contributed by atoms with van der Waals surface area (Å²) in [5.74, 6) is 6.11. The van der Waals surface area contributed by atoms with Crippen molar-refractivity contribution in [3.05, 3.63) is 149 Å². The molecule has 1 aliphatic heterocycles. The van der Waals surface area contributed by atoms with Gasteiger partial charge in [0.05, 0.1) is 11.1 Å². The number of nitrogens with zero attached hydrogens (tertiary/aromatic N) is 1. The van der Waals surface area contributed by atoms with Crippen molar-refractivity contribution in [2.45, 2.75) is 167 Å². The number of ether oxygens (including phenoxy) is 1. The standard InChI is InChI=1S/C68H76NO4/c1-8-16-43-29-60-54-21-14-12-19-52(54)56-31-50(65(2,3)4)33-58(67-35-44-23-45(36-67)25-46(24-44)37-67)62(56)72-73-63-57(32-51(66(5,6)7)34-59(63)68-38-47-26-48(39-68)28-49(27-47)40-68)53-20-13-15-22-55(53)61(30-43)69(60)64(70)71-41-42-17-10-9-11-18-42/h9-15,17-22,29-34,44-49H,8,16,23-28,35-41H2,1-7H3/q+1. The molecule has 1 aromatic heterocycles. The van der Waals surface area contributed by atoms with Gasteiger partial charge in [-0.25, -0.2) is 0 Å². The van der Waals surface area contributed by atoms with Gasteiger partial charge in [-0.15, -0.1) is 0 Å². The molecule has 5 nitrogen and oxygen atoms in total. The van der Waals surface area contributed by atoms with Gasteiger partial charge in [0.1, 0.15) is 6.61 Å². The van der Waals surface area contributed by atoms with Gasteiger partial charge in [0, 0.05) is 34.4 Å². The normalized spacial score (nSPS) is 27.3. The lowest BCUT2D eigenvalue weighted by Crippen LogP contribution is -2.49. The zero-order valence-corrected chi connectivity index (χ0v) is 44.6. The van der Waals surface area contributed by atoms with Crippen LogP contribution in [0, 0.1) is 35.5 Å². The van der Waals surface area contributed by atoms with E-state index in [1.807, 2.05) is 34.9 Å². The fourth-order valence-corrected chi connectivity index (χ4v) is 16.8. The fourth-order valence-electron chi connectivity index (χ4n) is 16.8. The van der Waals surface area contributed by atoms with E-state index in [1.165, 1.54) is 105 Å². The lowest BCUT2D eigenvalue weighted by atomic mass is 9.47. The first-order chi connectivity index (χ1) is 35.1. The van der Waals surface area contributed by atoms with E-state index in [0.29, 0.717) is 0 Å². The molecule has 15 rings (SSSR count). The summed E-state index contributed by atoms with van der Waals surface area (Å²) >= 11 is 0. The predicted octanol–water partition coefficient (Wildman–Crippen LogP) is 17.0. The third-order valence-electron chi connectivity index (χ3n) is 19.4. The van der Waals surface area contributed by atoms with Crippen molar-refractivity contribution < 1.29 is 23.9 Å². The molecule has 0 amide bonds. The first-order valence-electron chi connectivity index (χ1n) is 28.4. The summed E-state index contributed by atoms with van der Waals surface area (Å²) in [6.07, 6.45) is 16.7. The molecule has 0 radical (unpaired) electrons. The van der Waals surface area contributed by atoms with E-state index >= 15 is 4.79 Å². The Morgan fingerprint density at radius 2 is 0.890 bits per heavy atom. The molecule has 10 bridgehead atoms. The summed E-state index contributed by atoms with van der Waals surface area (Å²) in [5, 5.41) is 0. The molecule has 6 aromatic rings. The molecule has 8 saturated carbocycles. The summed E-state index contributed by atoms with van der Waals surface area (Å²) in [4.78, 5) is 30.8. The van der Waals surface area contributed by atoms with Crippen molar-refractivity contribution in [1.29, 1.82) is 0 Å². The van der Waals surface area contributed by atoms with E-state index in [2.05, 4.69) is 133 Å². The number of pyridine rings is 1. The van der Waals surface area contributed by atoms with Crippen LogP contribution >= 0.6 is 0 Å². The van der Waals surface area contributed by atoms with Crippen molar-refractivity contribution in [3.8, 4) is 56.3 Å². The van der Waals surface area contributed by atoms with Gasteiger partial charge in [0.2, 0.25) is 11.4 Å². The Morgan fingerprint density at radius 1 is 0.507 bits per heavy atom. The molecule has 376 valence electrons. The number of aryl methyl sites for hydroxylation is 1. The number of fused-ring (bicyclic) bond motifs is 10. The van der Waals surface area contributed by atoms with Gasteiger partial charge in [-0.2, -0.15) is 4.79 Å². The van der Waals surface area contributed by atoms with E-state index < -0.39 is 6.09 Å². The van der Waals surface area contributed by atoms with Crippen LogP contribution < -0.4 is 14.3 Å². The number of hydrogen-bond acceptors (Lipinski definition) is 4. The van der Waals surface area contributed by atoms with Crippen LogP contribution in [0.1, 0.15) is 165 Å². The number of rotatable bonds is 6. The van der Waals surface area contributed by atoms with Crippen LogP contribution in [0.2, 0.25) is 0 Å². The molecule has 0 unspecified atom stereocenters. The van der Waals surface area contributed by atoms with Gasteiger partial charge in [0.25, 0.3) is 0 Å². The molecule has 5 heteroatoms. The number of benzene rings is 5. The molecule has 0 saturated heterocycles. The van der Waals surface area contributed by atoms with Gasteiger partial charge in [-0.3, -0.25) is 9.78 Å². The van der Waals surface area contributed by atoms with E-state index in [4.69, 9.17) is 14.5 Å². The van der Waals surface area contributed by atoms with E-state index in [1.54, 1.807) is 0 Å². The second kappa shape index (κ2) is 17.5. The second-order valence-corrected chi connectivity index (χ2v) is 26.7. The summed E-state index contributed by atoms with van der Waals surface area (Å²) in [5.41, 5.74) is 14.7. The SMILES string of the molecule is CCCc1cc2[n+](C(=O)OCc3ccccc3)c(c1)-c1ccccc1-c1cc(C(C)(C)C)cc(C34CC5CC(CC(C5)C3)C4)c1OOc1c(cc(C(C)(C)C)cc1C13CC4CC(CC(C4)C1)C3)-c1ccccc1-2. The smallest absolute Gasteiger partial charge is 0.407 e. The Bertz CT molecular complexity index is 2900. The molecule has 0 N–H and O–H groups in total. The van der Waals surface area contributed by atoms with Crippen LogP contribution in [0.15, 0.2) is 115 Å². The predicted molar refractivity (Wildman–Crippen MR) is 293 cm³/mol.